The lowest BCUT2D eigenvalue weighted by Crippen LogP contribution is -2.25. The number of carbonyl (C=O) groups excluding carboxylic acids is 1. The Kier molecular flexibility index (Phi) is 4.48. The molecule has 4 nitrogen and oxygen atoms in total. The summed E-state index contributed by atoms with van der Waals surface area (Å²) < 4.78 is 5.85. The molecule has 0 bridgehead atoms. The lowest BCUT2D eigenvalue weighted by molar-refractivity contribution is -0.135. The molecular weight excluding hydrogens is 359 g/mol. The van der Waals surface area contributed by atoms with Gasteiger partial charge in [0.05, 0.1) is 10.0 Å². The van der Waals surface area contributed by atoms with Crippen molar-refractivity contribution < 1.29 is 9.53 Å². The number of halogens is 3. The van der Waals surface area contributed by atoms with Crippen molar-refractivity contribution in [3.05, 3.63) is 68.7 Å². The molecule has 0 aromatic heterocycles. The number of rotatable bonds is 2. The first kappa shape index (κ1) is 16.1. The molecule has 1 heterocycles. The average molecular weight is 370 g/mol. The summed E-state index contributed by atoms with van der Waals surface area (Å²) in [6.07, 6.45) is -0.687. The number of hydrogen-bond donors (Lipinski definition) is 0. The van der Waals surface area contributed by atoms with Crippen LogP contribution in [-0.2, 0) is 9.53 Å². The van der Waals surface area contributed by atoms with Crippen LogP contribution in [0.4, 0.5) is 0 Å². The maximum atomic E-state index is 11.9. The Morgan fingerprint density at radius 1 is 1.09 bits per heavy atom. The smallest absolute Gasteiger partial charge is 0.243 e. The Balaban J connectivity index is 1.95. The molecule has 0 aliphatic carbocycles. The summed E-state index contributed by atoms with van der Waals surface area (Å²) in [6.45, 7) is 1.42. The van der Waals surface area contributed by atoms with Gasteiger partial charge in [-0.15, -0.1) is 5.10 Å². The van der Waals surface area contributed by atoms with E-state index in [1.165, 1.54) is 11.9 Å². The zero-order valence-electron chi connectivity index (χ0n) is 12.0. The minimum atomic E-state index is -0.687. The van der Waals surface area contributed by atoms with Crippen molar-refractivity contribution in [2.24, 2.45) is 5.10 Å². The molecule has 1 unspecified atom stereocenters. The van der Waals surface area contributed by atoms with Crippen molar-refractivity contribution in [3.8, 4) is 0 Å². The van der Waals surface area contributed by atoms with Gasteiger partial charge in [0, 0.05) is 23.1 Å². The molecule has 0 saturated heterocycles. The van der Waals surface area contributed by atoms with E-state index in [4.69, 9.17) is 39.5 Å². The molecule has 1 aliphatic heterocycles. The van der Waals surface area contributed by atoms with Crippen LogP contribution in [-0.4, -0.2) is 16.8 Å². The molecular formula is C16H11Cl3N2O2. The van der Waals surface area contributed by atoms with E-state index in [0.717, 1.165) is 5.56 Å². The lowest BCUT2D eigenvalue weighted by Gasteiger charge is -2.19. The fraction of sp³-hybridized carbons (Fsp3) is 0.125. The summed E-state index contributed by atoms with van der Waals surface area (Å²) >= 11 is 17.9. The van der Waals surface area contributed by atoms with Crippen LogP contribution in [0.5, 0.6) is 0 Å². The molecule has 0 N–H and O–H groups in total. The number of ether oxygens (including phenoxy) is 1. The highest BCUT2D eigenvalue weighted by Gasteiger charge is 2.33. The summed E-state index contributed by atoms with van der Waals surface area (Å²) in [5, 5.41) is 6.95. The molecule has 0 spiro atoms. The normalized spacial score (nSPS) is 17.0. The second-order valence-corrected chi connectivity index (χ2v) is 6.17. The Bertz CT molecular complexity index is 790. The zero-order chi connectivity index (χ0) is 16.6. The Morgan fingerprint density at radius 2 is 1.78 bits per heavy atom. The molecule has 0 fully saturated rings. The van der Waals surface area contributed by atoms with Crippen LogP contribution in [0.2, 0.25) is 15.1 Å². The van der Waals surface area contributed by atoms with Gasteiger partial charge in [0.1, 0.15) is 0 Å². The van der Waals surface area contributed by atoms with E-state index in [1.54, 1.807) is 42.5 Å². The highest BCUT2D eigenvalue weighted by molar-refractivity contribution is 6.42. The molecule has 1 aliphatic rings. The van der Waals surface area contributed by atoms with Gasteiger partial charge in [-0.3, -0.25) is 4.79 Å². The van der Waals surface area contributed by atoms with E-state index in [-0.39, 0.29) is 5.91 Å². The molecule has 118 valence electrons. The zero-order valence-corrected chi connectivity index (χ0v) is 14.2. The molecule has 2 aromatic rings. The van der Waals surface area contributed by atoms with Gasteiger partial charge < -0.3 is 4.74 Å². The fourth-order valence-corrected chi connectivity index (χ4v) is 2.59. The van der Waals surface area contributed by atoms with Crippen LogP contribution in [0.25, 0.3) is 0 Å². The Labute approximate surface area is 148 Å². The molecule has 0 saturated carbocycles. The summed E-state index contributed by atoms with van der Waals surface area (Å²) in [4.78, 5) is 11.9. The van der Waals surface area contributed by atoms with Crippen molar-refractivity contribution in [3.63, 3.8) is 0 Å². The van der Waals surface area contributed by atoms with Gasteiger partial charge in [0.2, 0.25) is 18.0 Å². The van der Waals surface area contributed by atoms with Gasteiger partial charge in [-0.2, -0.15) is 5.01 Å². The standard InChI is InChI=1S/C16H11Cl3N2O2/c1-9(22)21-16(11-4-7-13(18)14(19)8-11)23-15(20-21)10-2-5-12(17)6-3-10/h2-8,16H,1H3. The number of benzene rings is 2. The van der Waals surface area contributed by atoms with Crippen LogP contribution in [0.15, 0.2) is 47.6 Å². The lowest BCUT2D eigenvalue weighted by atomic mass is 10.2. The van der Waals surface area contributed by atoms with Gasteiger partial charge in [-0.25, -0.2) is 0 Å². The predicted molar refractivity (Wildman–Crippen MR) is 90.8 cm³/mol. The van der Waals surface area contributed by atoms with Crippen molar-refractivity contribution in [2.45, 2.75) is 13.2 Å². The number of carbonyl (C=O) groups is 1. The van der Waals surface area contributed by atoms with Gasteiger partial charge in [0.15, 0.2) is 0 Å². The minimum absolute atomic E-state index is 0.245. The molecule has 7 heteroatoms. The second kappa shape index (κ2) is 6.40. The van der Waals surface area contributed by atoms with Gasteiger partial charge in [0.25, 0.3) is 0 Å². The first-order valence-corrected chi connectivity index (χ1v) is 7.85. The summed E-state index contributed by atoms with van der Waals surface area (Å²) in [5.74, 6) is 0.0953. The maximum absolute atomic E-state index is 11.9. The topological polar surface area (TPSA) is 41.9 Å². The number of amides is 1. The van der Waals surface area contributed by atoms with Crippen LogP contribution < -0.4 is 0 Å². The van der Waals surface area contributed by atoms with E-state index in [1.807, 2.05) is 0 Å². The summed E-state index contributed by atoms with van der Waals surface area (Å²) in [5.41, 5.74) is 1.41. The van der Waals surface area contributed by atoms with Crippen LogP contribution >= 0.6 is 34.8 Å². The maximum Gasteiger partial charge on any atom is 0.243 e. The molecule has 3 rings (SSSR count). The first-order chi connectivity index (χ1) is 11.0. The molecule has 1 amide bonds. The minimum Gasteiger partial charge on any atom is -0.446 e. The molecule has 0 radical (unpaired) electrons. The molecule has 2 aromatic carbocycles. The van der Waals surface area contributed by atoms with E-state index in [9.17, 15) is 4.79 Å². The number of nitrogens with zero attached hydrogens (tertiary/aromatic N) is 2. The van der Waals surface area contributed by atoms with E-state index >= 15 is 0 Å². The van der Waals surface area contributed by atoms with Crippen molar-refractivity contribution in [2.75, 3.05) is 0 Å². The summed E-state index contributed by atoms with van der Waals surface area (Å²) in [6, 6.07) is 12.1. The van der Waals surface area contributed by atoms with E-state index < -0.39 is 6.23 Å². The molecule has 1 atom stereocenters. The highest BCUT2D eigenvalue weighted by Crippen LogP contribution is 2.33. The highest BCUT2D eigenvalue weighted by atomic mass is 35.5. The SMILES string of the molecule is CC(=O)N1N=C(c2ccc(Cl)cc2)OC1c1ccc(Cl)c(Cl)c1. The third-order valence-electron chi connectivity index (χ3n) is 3.29. The van der Waals surface area contributed by atoms with Crippen LogP contribution in [0.3, 0.4) is 0 Å². The monoisotopic (exact) mass is 368 g/mol. The third kappa shape index (κ3) is 3.29. The second-order valence-electron chi connectivity index (χ2n) is 4.92. The first-order valence-electron chi connectivity index (χ1n) is 6.71. The molecule has 23 heavy (non-hydrogen) atoms. The van der Waals surface area contributed by atoms with Crippen molar-refractivity contribution >= 4 is 46.6 Å². The van der Waals surface area contributed by atoms with E-state index in [2.05, 4.69) is 5.10 Å². The number of hydrogen-bond acceptors (Lipinski definition) is 3. The van der Waals surface area contributed by atoms with Crippen LogP contribution in [0, 0.1) is 0 Å². The van der Waals surface area contributed by atoms with Gasteiger partial charge in [-0.1, -0.05) is 40.9 Å². The third-order valence-corrected chi connectivity index (χ3v) is 4.28. The Hall–Kier alpha value is -1.75. The quantitative estimate of drug-likeness (QED) is 0.756. The van der Waals surface area contributed by atoms with Crippen molar-refractivity contribution in [1.29, 1.82) is 0 Å². The predicted octanol–water partition coefficient (Wildman–Crippen LogP) is 4.89. The van der Waals surface area contributed by atoms with E-state index in [0.29, 0.717) is 26.5 Å². The fourth-order valence-electron chi connectivity index (χ4n) is 2.16. The number of hydrazone groups is 1. The van der Waals surface area contributed by atoms with Crippen LogP contribution in [0.1, 0.15) is 24.3 Å². The van der Waals surface area contributed by atoms with Crippen molar-refractivity contribution in [1.82, 2.24) is 5.01 Å². The van der Waals surface area contributed by atoms with Gasteiger partial charge >= 0.3 is 0 Å². The summed E-state index contributed by atoms with van der Waals surface area (Å²) in [7, 11) is 0. The largest absolute Gasteiger partial charge is 0.446 e. The average Bonchev–Trinajstić information content (AvgIpc) is 2.96. The Morgan fingerprint density at radius 3 is 2.39 bits per heavy atom. The van der Waals surface area contributed by atoms with Gasteiger partial charge in [-0.05, 0) is 36.4 Å².